The van der Waals surface area contributed by atoms with Gasteiger partial charge in [-0.25, -0.2) is 0 Å². The summed E-state index contributed by atoms with van der Waals surface area (Å²) in [5.41, 5.74) is 1.56. The molecule has 0 aliphatic carbocycles. The van der Waals surface area contributed by atoms with Gasteiger partial charge in [-0.15, -0.1) is 0 Å². The Kier molecular flexibility index (Phi) is 30.5. The molecule has 34 heavy (non-hydrogen) atoms. The van der Waals surface area contributed by atoms with Gasteiger partial charge in [0.05, 0.1) is 0 Å². The van der Waals surface area contributed by atoms with Crippen molar-refractivity contribution in [2.24, 2.45) is 0 Å². The van der Waals surface area contributed by atoms with Gasteiger partial charge in [-0.05, 0) is 26.7 Å². The van der Waals surface area contributed by atoms with Crippen molar-refractivity contribution in [3.63, 3.8) is 0 Å². The summed E-state index contributed by atoms with van der Waals surface area (Å²) in [6.45, 7) is 6.73. The van der Waals surface area contributed by atoms with Crippen molar-refractivity contribution < 1.29 is 0 Å². The van der Waals surface area contributed by atoms with Crippen molar-refractivity contribution in [3.8, 4) is 0 Å². The molecule has 0 saturated carbocycles. The Morgan fingerprint density at radius 1 is 0.353 bits per heavy atom. The van der Waals surface area contributed by atoms with Crippen LogP contribution in [0.3, 0.4) is 0 Å². The lowest BCUT2D eigenvalue weighted by atomic mass is 10.0. The minimum Gasteiger partial charge on any atom is -0.0887 e. The highest BCUT2D eigenvalue weighted by Crippen LogP contribution is 2.16. The van der Waals surface area contributed by atoms with E-state index in [1.54, 1.807) is 5.57 Å². The topological polar surface area (TPSA) is 0 Å². The Labute approximate surface area is 218 Å². The second-order valence-corrected chi connectivity index (χ2v) is 11.4. The maximum Gasteiger partial charge on any atom is -0.0323 e. The Morgan fingerprint density at radius 2 is 0.559 bits per heavy atom. The summed E-state index contributed by atoms with van der Waals surface area (Å²) in [6.07, 6.45) is 44.9. The first kappa shape index (κ1) is 33.7. The van der Waals surface area contributed by atoms with E-state index in [9.17, 15) is 0 Å². The van der Waals surface area contributed by atoms with Crippen LogP contribution in [0.5, 0.6) is 0 Å². The predicted octanol–water partition coefficient (Wildman–Crippen LogP) is 13.3. The van der Waals surface area contributed by atoms with Gasteiger partial charge in [0.25, 0.3) is 0 Å². The number of hydrogen-bond acceptors (Lipinski definition) is 0. The minimum absolute atomic E-state index is 1.32. The molecule has 0 aromatic carbocycles. The van der Waals surface area contributed by atoms with Crippen LogP contribution in [-0.4, -0.2) is 0 Å². The van der Waals surface area contributed by atoms with Crippen LogP contribution in [-0.2, 0) is 0 Å². The summed E-state index contributed by atoms with van der Waals surface area (Å²) in [4.78, 5) is 0. The third-order valence-corrected chi connectivity index (χ3v) is 7.92. The molecule has 0 saturated heterocycles. The molecule has 0 bridgehead atoms. The predicted molar refractivity (Wildman–Crippen MR) is 159 cm³/mol. The maximum absolute atomic E-state index is 2.31. The molecule has 0 amide bonds. The highest BCUT2D eigenvalue weighted by molar-refractivity contribution is 4.94. The molecule has 0 unspecified atom stereocenters. The summed E-state index contributed by atoms with van der Waals surface area (Å²) in [5, 5.41) is 0. The normalized spacial score (nSPS) is 12.0. The zero-order chi connectivity index (χ0) is 24.8. The van der Waals surface area contributed by atoms with Crippen LogP contribution >= 0.6 is 0 Å². The van der Waals surface area contributed by atoms with E-state index < -0.39 is 0 Å². The summed E-state index contributed by atoms with van der Waals surface area (Å²) in [5.74, 6) is 0. The van der Waals surface area contributed by atoms with Crippen LogP contribution in [0.2, 0.25) is 0 Å². The molecule has 0 heterocycles. The highest BCUT2D eigenvalue weighted by atomic mass is 14.0. The van der Waals surface area contributed by atoms with E-state index in [0.29, 0.717) is 0 Å². The summed E-state index contributed by atoms with van der Waals surface area (Å²) in [6, 6.07) is 0. The molecule has 0 atom stereocenters. The van der Waals surface area contributed by atoms with Gasteiger partial charge in [-0.3, -0.25) is 0 Å². The first-order chi connectivity index (χ1) is 16.8. The molecule has 0 N–H and O–H groups in total. The van der Waals surface area contributed by atoms with Gasteiger partial charge in [0.2, 0.25) is 0 Å². The second-order valence-electron chi connectivity index (χ2n) is 11.4. The van der Waals surface area contributed by atoms with Crippen molar-refractivity contribution >= 4 is 0 Å². The third-order valence-electron chi connectivity index (χ3n) is 7.92. The van der Waals surface area contributed by atoms with Gasteiger partial charge in [-0.2, -0.15) is 0 Å². The van der Waals surface area contributed by atoms with Gasteiger partial charge in [-0.1, -0.05) is 192 Å². The molecule has 0 heteroatoms. The third kappa shape index (κ3) is 29.8. The Morgan fingerprint density at radius 3 is 0.765 bits per heavy atom. The molecule has 0 aromatic rings. The molecule has 0 radical (unpaired) electrons. The van der Waals surface area contributed by atoms with Crippen LogP contribution in [0.25, 0.3) is 0 Å². The smallest absolute Gasteiger partial charge is 0.0323 e. The molecule has 0 spiro atoms. The highest BCUT2D eigenvalue weighted by Gasteiger charge is 1.97. The van der Waals surface area contributed by atoms with Crippen molar-refractivity contribution in [3.05, 3.63) is 11.6 Å². The van der Waals surface area contributed by atoms with E-state index in [1.807, 2.05) is 0 Å². The van der Waals surface area contributed by atoms with Gasteiger partial charge < -0.3 is 0 Å². The molecule has 0 nitrogen and oxygen atoms in total. The molecule has 0 aliphatic heterocycles. The second kappa shape index (κ2) is 30.8. The standard InChI is InChI=1S/C34H68/c1-4-6-7-8-9-10-11-12-13-14-15-16-17-18-19-20-21-22-23-24-25-26-27-28-29-30-31-32-33-34(3)5-2/h5H,4,6-33H2,1-3H3. The SMILES string of the molecule is CC=C(C)CCCCCCCCCCCCCCCCCCCCCCCCCCCCCC. The summed E-state index contributed by atoms with van der Waals surface area (Å²) in [7, 11) is 0. The fourth-order valence-electron chi connectivity index (χ4n) is 5.22. The lowest BCUT2D eigenvalue weighted by Gasteiger charge is -2.04. The van der Waals surface area contributed by atoms with Crippen molar-refractivity contribution in [2.75, 3.05) is 0 Å². The fraction of sp³-hybridized carbons (Fsp3) is 0.941. The van der Waals surface area contributed by atoms with Crippen molar-refractivity contribution in [2.45, 2.75) is 207 Å². The van der Waals surface area contributed by atoms with Gasteiger partial charge in [0.1, 0.15) is 0 Å². The molecule has 0 aromatic heterocycles. The van der Waals surface area contributed by atoms with E-state index in [0.717, 1.165) is 0 Å². The van der Waals surface area contributed by atoms with Crippen LogP contribution in [0.4, 0.5) is 0 Å². The monoisotopic (exact) mass is 477 g/mol. The van der Waals surface area contributed by atoms with Crippen LogP contribution in [0.1, 0.15) is 207 Å². The first-order valence-corrected chi connectivity index (χ1v) is 16.4. The van der Waals surface area contributed by atoms with Crippen LogP contribution in [0.15, 0.2) is 11.6 Å². The Bertz CT molecular complexity index is 379. The summed E-state index contributed by atoms with van der Waals surface area (Å²) < 4.78 is 0. The zero-order valence-electron chi connectivity index (χ0n) is 24.6. The van der Waals surface area contributed by atoms with Gasteiger partial charge in [0.15, 0.2) is 0 Å². The Hall–Kier alpha value is -0.260. The number of allylic oxidation sites excluding steroid dienone is 2. The quantitative estimate of drug-likeness (QED) is 0.0743. The number of unbranched alkanes of at least 4 members (excludes halogenated alkanes) is 27. The average molecular weight is 477 g/mol. The van der Waals surface area contributed by atoms with E-state index in [2.05, 4.69) is 26.8 Å². The van der Waals surface area contributed by atoms with Crippen LogP contribution in [0, 0.1) is 0 Å². The Balaban J connectivity index is 3.03. The maximum atomic E-state index is 2.31. The van der Waals surface area contributed by atoms with Crippen molar-refractivity contribution in [1.82, 2.24) is 0 Å². The fourth-order valence-corrected chi connectivity index (χ4v) is 5.22. The lowest BCUT2D eigenvalue weighted by Crippen LogP contribution is -1.85. The molecular formula is C34H68. The van der Waals surface area contributed by atoms with E-state index in [4.69, 9.17) is 0 Å². The van der Waals surface area contributed by atoms with E-state index >= 15 is 0 Å². The average Bonchev–Trinajstić information content (AvgIpc) is 2.85. The largest absolute Gasteiger partial charge is 0.0887 e. The first-order valence-electron chi connectivity index (χ1n) is 16.4. The molecular weight excluding hydrogens is 408 g/mol. The number of rotatable bonds is 29. The minimum atomic E-state index is 1.32. The zero-order valence-corrected chi connectivity index (χ0v) is 24.6. The molecule has 0 aliphatic rings. The van der Waals surface area contributed by atoms with Crippen molar-refractivity contribution in [1.29, 1.82) is 0 Å². The van der Waals surface area contributed by atoms with Gasteiger partial charge in [0, 0.05) is 0 Å². The van der Waals surface area contributed by atoms with E-state index in [-0.39, 0.29) is 0 Å². The molecule has 0 rings (SSSR count). The van der Waals surface area contributed by atoms with Crippen LogP contribution < -0.4 is 0 Å². The van der Waals surface area contributed by atoms with E-state index in [1.165, 1.54) is 186 Å². The number of hydrogen-bond donors (Lipinski definition) is 0. The summed E-state index contributed by atoms with van der Waals surface area (Å²) >= 11 is 0. The molecule has 0 fully saturated rings. The lowest BCUT2D eigenvalue weighted by molar-refractivity contribution is 0.514. The van der Waals surface area contributed by atoms with Gasteiger partial charge >= 0.3 is 0 Å². The molecule has 204 valence electrons.